The first-order chi connectivity index (χ1) is 6.32. The fourth-order valence-corrected chi connectivity index (χ4v) is 3.03. The second kappa shape index (κ2) is 3.56. The molecule has 0 aromatic carbocycles. The predicted octanol–water partition coefficient (Wildman–Crippen LogP) is 0.195. The fraction of sp³-hybridized carbons (Fsp3) is 1.00. The molecule has 3 nitrogen and oxygen atoms in total. The van der Waals surface area contributed by atoms with Gasteiger partial charge >= 0.3 is 0 Å². The van der Waals surface area contributed by atoms with Gasteiger partial charge in [-0.3, -0.25) is 4.90 Å². The minimum atomic E-state index is 0.0191. The molecule has 2 rings (SSSR count). The number of aliphatic hydroxyl groups excluding tert-OH is 1. The Bertz CT molecular complexity index is 182. The van der Waals surface area contributed by atoms with Gasteiger partial charge in [0.2, 0.25) is 0 Å². The summed E-state index contributed by atoms with van der Waals surface area (Å²) in [6, 6.07) is 0.595. The van der Waals surface area contributed by atoms with Crippen molar-refractivity contribution in [1.82, 2.24) is 10.2 Å². The maximum Gasteiger partial charge on any atom is 0.0629 e. The smallest absolute Gasteiger partial charge is 0.0629 e. The van der Waals surface area contributed by atoms with E-state index in [0.29, 0.717) is 12.6 Å². The van der Waals surface area contributed by atoms with Gasteiger partial charge in [-0.1, -0.05) is 6.92 Å². The first-order valence-corrected chi connectivity index (χ1v) is 5.42. The Labute approximate surface area is 80.1 Å². The average molecular weight is 184 g/mol. The second-order valence-corrected chi connectivity index (χ2v) is 4.29. The van der Waals surface area contributed by atoms with E-state index in [4.69, 9.17) is 0 Å². The largest absolute Gasteiger partial charge is 0.394 e. The van der Waals surface area contributed by atoms with Gasteiger partial charge in [0.05, 0.1) is 12.1 Å². The van der Waals surface area contributed by atoms with Crippen molar-refractivity contribution in [2.24, 2.45) is 0 Å². The van der Waals surface area contributed by atoms with Crippen LogP contribution in [-0.4, -0.2) is 47.8 Å². The molecule has 3 heteroatoms. The highest BCUT2D eigenvalue weighted by atomic mass is 16.3. The van der Waals surface area contributed by atoms with Crippen LogP contribution in [0, 0.1) is 0 Å². The third kappa shape index (κ3) is 1.39. The molecule has 0 radical (unpaired) electrons. The normalized spacial score (nSPS) is 39.7. The minimum Gasteiger partial charge on any atom is -0.394 e. The first kappa shape index (κ1) is 9.44. The first-order valence-electron chi connectivity index (χ1n) is 5.42. The average Bonchev–Trinajstić information content (AvgIpc) is 2.69. The maximum absolute atomic E-state index is 9.51. The van der Waals surface area contributed by atoms with E-state index in [9.17, 15) is 5.11 Å². The molecular formula is C10H20N2O. The zero-order valence-electron chi connectivity index (χ0n) is 8.42. The van der Waals surface area contributed by atoms with Crippen LogP contribution < -0.4 is 5.32 Å². The van der Waals surface area contributed by atoms with E-state index in [1.54, 1.807) is 0 Å². The standard InChI is InChI=1S/C10H20N2O/c1-2-11-10(8-13)5-7-12-6-3-4-9(10)12/h9,11,13H,2-8H2,1H3. The zero-order chi connectivity index (χ0) is 9.31. The third-order valence-electron chi connectivity index (χ3n) is 3.66. The van der Waals surface area contributed by atoms with E-state index in [1.807, 2.05) is 0 Å². The number of nitrogens with one attached hydrogen (secondary N) is 1. The van der Waals surface area contributed by atoms with Crippen LogP contribution in [0.2, 0.25) is 0 Å². The van der Waals surface area contributed by atoms with Crippen LogP contribution in [0.15, 0.2) is 0 Å². The summed E-state index contributed by atoms with van der Waals surface area (Å²) in [7, 11) is 0. The summed E-state index contributed by atoms with van der Waals surface area (Å²) in [5.41, 5.74) is 0.0191. The molecule has 2 unspecified atom stereocenters. The number of likely N-dealkylation sites (N-methyl/N-ethyl adjacent to an activating group) is 1. The van der Waals surface area contributed by atoms with Crippen molar-refractivity contribution in [3.05, 3.63) is 0 Å². The van der Waals surface area contributed by atoms with Gasteiger partial charge in [0.15, 0.2) is 0 Å². The molecule has 2 atom stereocenters. The molecule has 76 valence electrons. The van der Waals surface area contributed by atoms with Crippen LogP contribution >= 0.6 is 0 Å². The minimum absolute atomic E-state index is 0.0191. The molecule has 0 bridgehead atoms. The van der Waals surface area contributed by atoms with Crippen molar-refractivity contribution in [3.63, 3.8) is 0 Å². The van der Waals surface area contributed by atoms with Crippen LogP contribution in [0.1, 0.15) is 26.2 Å². The monoisotopic (exact) mass is 184 g/mol. The molecule has 2 N–H and O–H groups in total. The number of nitrogens with zero attached hydrogens (tertiary/aromatic N) is 1. The molecule has 0 aromatic rings. The zero-order valence-corrected chi connectivity index (χ0v) is 8.42. The van der Waals surface area contributed by atoms with Crippen molar-refractivity contribution in [2.75, 3.05) is 26.2 Å². The molecule has 13 heavy (non-hydrogen) atoms. The maximum atomic E-state index is 9.51. The van der Waals surface area contributed by atoms with Gasteiger partial charge in [-0.25, -0.2) is 0 Å². The highest BCUT2D eigenvalue weighted by Crippen LogP contribution is 2.35. The van der Waals surface area contributed by atoms with Crippen molar-refractivity contribution in [1.29, 1.82) is 0 Å². The van der Waals surface area contributed by atoms with E-state index < -0.39 is 0 Å². The molecule has 0 spiro atoms. The highest BCUT2D eigenvalue weighted by Gasteiger charge is 2.47. The summed E-state index contributed by atoms with van der Waals surface area (Å²) in [5.74, 6) is 0. The summed E-state index contributed by atoms with van der Waals surface area (Å²) in [6.45, 7) is 5.78. The summed E-state index contributed by atoms with van der Waals surface area (Å²) in [6.07, 6.45) is 3.67. The van der Waals surface area contributed by atoms with Crippen molar-refractivity contribution in [3.8, 4) is 0 Å². The summed E-state index contributed by atoms with van der Waals surface area (Å²) in [5, 5.41) is 13.0. The van der Waals surface area contributed by atoms with Crippen molar-refractivity contribution < 1.29 is 5.11 Å². The number of hydrogen-bond acceptors (Lipinski definition) is 3. The topological polar surface area (TPSA) is 35.5 Å². The number of rotatable bonds is 3. The van der Waals surface area contributed by atoms with Crippen LogP contribution in [0.5, 0.6) is 0 Å². The molecule has 2 aliphatic rings. The Morgan fingerprint density at radius 2 is 2.38 bits per heavy atom. The van der Waals surface area contributed by atoms with Gasteiger partial charge in [-0.05, 0) is 32.4 Å². The number of hydrogen-bond donors (Lipinski definition) is 2. The Kier molecular flexibility index (Phi) is 2.58. The Morgan fingerprint density at radius 1 is 1.54 bits per heavy atom. The lowest BCUT2D eigenvalue weighted by Gasteiger charge is -2.34. The van der Waals surface area contributed by atoms with E-state index >= 15 is 0 Å². The van der Waals surface area contributed by atoms with Gasteiger partial charge in [-0.15, -0.1) is 0 Å². The van der Waals surface area contributed by atoms with E-state index in [0.717, 1.165) is 19.5 Å². The molecule has 0 saturated carbocycles. The predicted molar refractivity (Wildman–Crippen MR) is 52.7 cm³/mol. The highest BCUT2D eigenvalue weighted by molar-refractivity contribution is 5.07. The fourth-order valence-electron chi connectivity index (χ4n) is 3.03. The third-order valence-corrected chi connectivity index (χ3v) is 3.66. The van der Waals surface area contributed by atoms with Crippen LogP contribution in [0.25, 0.3) is 0 Å². The van der Waals surface area contributed by atoms with Crippen molar-refractivity contribution >= 4 is 0 Å². The summed E-state index contributed by atoms with van der Waals surface area (Å²) < 4.78 is 0. The second-order valence-electron chi connectivity index (χ2n) is 4.29. The number of aliphatic hydroxyl groups is 1. The summed E-state index contributed by atoms with van der Waals surface area (Å²) in [4.78, 5) is 2.53. The molecule has 2 heterocycles. The quantitative estimate of drug-likeness (QED) is 0.657. The molecule has 2 aliphatic heterocycles. The summed E-state index contributed by atoms with van der Waals surface area (Å²) >= 11 is 0. The SMILES string of the molecule is CCNC1(CO)CCN2CCCC21. The van der Waals surface area contributed by atoms with Crippen LogP contribution in [0.4, 0.5) is 0 Å². The molecule has 2 saturated heterocycles. The molecular weight excluding hydrogens is 164 g/mol. The van der Waals surface area contributed by atoms with Crippen LogP contribution in [-0.2, 0) is 0 Å². The lowest BCUT2D eigenvalue weighted by Crippen LogP contribution is -2.55. The van der Waals surface area contributed by atoms with E-state index in [1.165, 1.54) is 19.4 Å². The Hall–Kier alpha value is -0.120. The molecule has 0 amide bonds. The Balaban J connectivity index is 2.11. The van der Waals surface area contributed by atoms with Crippen LogP contribution in [0.3, 0.4) is 0 Å². The lowest BCUT2D eigenvalue weighted by atomic mass is 9.89. The van der Waals surface area contributed by atoms with Gasteiger partial charge in [0, 0.05) is 12.6 Å². The van der Waals surface area contributed by atoms with Gasteiger partial charge in [-0.2, -0.15) is 0 Å². The molecule has 0 aliphatic carbocycles. The van der Waals surface area contributed by atoms with Gasteiger partial charge < -0.3 is 10.4 Å². The van der Waals surface area contributed by atoms with E-state index in [2.05, 4.69) is 17.1 Å². The van der Waals surface area contributed by atoms with Gasteiger partial charge in [0.25, 0.3) is 0 Å². The van der Waals surface area contributed by atoms with Crippen molar-refractivity contribution in [2.45, 2.75) is 37.8 Å². The number of fused-ring (bicyclic) bond motifs is 1. The Morgan fingerprint density at radius 3 is 3.08 bits per heavy atom. The molecule has 2 fully saturated rings. The lowest BCUT2D eigenvalue weighted by molar-refractivity contribution is 0.129. The molecule has 0 aromatic heterocycles. The van der Waals surface area contributed by atoms with E-state index in [-0.39, 0.29) is 5.54 Å². The van der Waals surface area contributed by atoms with Gasteiger partial charge in [0.1, 0.15) is 0 Å².